The quantitative estimate of drug-likeness (QED) is 0.347. The first-order valence-corrected chi connectivity index (χ1v) is 10.7. The van der Waals surface area contributed by atoms with E-state index in [0.717, 1.165) is 63.6 Å². The summed E-state index contributed by atoms with van der Waals surface area (Å²) in [6.07, 6.45) is 6.16. The number of rotatable bonds is 6. The molecule has 0 aromatic heterocycles. The van der Waals surface area contributed by atoms with Gasteiger partial charge in [0.25, 0.3) is 0 Å². The zero-order valence-corrected chi connectivity index (χ0v) is 20.0. The van der Waals surface area contributed by atoms with Crippen molar-refractivity contribution >= 4 is 29.9 Å². The SMILES string of the molecule is CCNC(=NCc1ccc(F)c(C)c1)N1CCC(OCC2CCCCO2)CC1.I. The van der Waals surface area contributed by atoms with Crippen molar-refractivity contribution in [2.24, 2.45) is 4.99 Å². The molecule has 0 aliphatic carbocycles. The number of hydrogen-bond donors (Lipinski definition) is 1. The molecule has 164 valence electrons. The summed E-state index contributed by atoms with van der Waals surface area (Å²) in [7, 11) is 0. The molecule has 2 aliphatic heterocycles. The van der Waals surface area contributed by atoms with E-state index >= 15 is 0 Å². The Morgan fingerprint density at radius 1 is 1.28 bits per heavy atom. The second-order valence-electron chi connectivity index (χ2n) is 7.76. The van der Waals surface area contributed by atoms with Crippen LogP contribution in [0.4, 0.5) is 4.39 Å². The lowest BCUT2D eigenvalue weighted by Crippen LogP contribution is -2.47. The van der Waals surface area contributed by atoms with Crippen LogP contribution in [0.2, 0.25) is 0 Å². The summed E-state index contributed by atoms with van der Waals surface area (Å²) in [5.74, 6) is 0.763. The van der Waals surface area contributed by atoms with Crippen molar-refractivity contribution < 1.29 is 13.9 Å². The number of nitrogens with one attached hydrogen (secondary N) is 1. The molecule has 2 fully saturated rings. The van der Waals surface area contributed by atoms with Crippen LogP contribution in [0.3, 0.4) is 0 Å². The van der Waals surface area contributed by atoms with Crippen molar-refractivity contribution in [3.05, 3.63) is 35.1 Å². The van der Waals surface area contributed by atoms with Crippen LogP contribution in [0.15, 0.2) is 23.2 Å². The molecule has 2 heterocycles. The van der Waals surface area contributed by atoms with Crippen LogP contribution in [-0.2, 0) is 16.0 Å². The second-order valence-corrected chi connectivity index (χ2v) is 7.76. The maximum absolute atomic E-state index is 13.5. The van der Waals surface area contributed by atoms with E-state index in [9.17, 15) is 4.39 Å². The molecular weight excluding hydrogens is 484 g/mol. The molecule has 1 N–H and O–H groups in total. The Morgan fingerprint density at radius 3 is 2.72 bits per heavy atom. The lowest BCUT2D eigenvalue weighted by molar-refractivity contribution is -0.0721. The van der Waals surface area contributed by atoms with E-state index < -0.39 is 0 Å². The number of aryl methyl sites for hydroxylation is 1. The minimum absolute atomic E-state index is 0. The number of guanidine groups is 1. The highest BCUT2D eigenvalue weighted by Crippen LogP contribution is 2.18. The van der Waals surface area contributed by atoms with E-state index in [-0.39, 0.29) is 35.9 Å². The number of hydrogen-bond acceptors (Lipinski definition) is 3. The third kappa shape index (κ3) is 7.68. The number of nitrogens with zero attached hydrogens (tertiary/aromatic N) is 2. The summed E-state index contributed by atoms with van der Waals surface area (Å²) < 4.78 is 25.3. The Hall–Kier alpha value is -0.930. The Morgan fingerprint density at radius 2 is 2.07 bits per heavy atom. The third-order valence-corrected chi connectivity index (χ3v) is 5.50. The monoisotopic (exact) mass is 519 g/mol. The fourth-order valence-electron chi connectivity index (χ4n) is 3.81. The molecule has 0 spiro atoms. The van der Waals surface area contributed by atoms with Gasteiger partial charge < -0.3 is 19.7 Å². The molecule has 1 unspecified atom stereocenters. The van der Waals surface area contributed by atoms with Crippen LogP contribution in [0.5, 0.6) is 0 Å². The zero-order valence-electron chi connectivity index (χ0n) is 17.7. The molecule has 3 rings (SSSR count). The topological polar surface area (TPSA) is 46.1 Å². The number of aliphatic imine (C=N–C) groups is 1. The highest BCUT2D eigenvalue weighted by Gasteiger charge is 2.23. The average molecular weight is 519 g/mol. The summed E-state index contributed by atoms with van der Waals surface area (Å²) in [5, 5.41) is 3.39. The van der Waals surface area contributed by atoms with Gasteiger partial charge in [0, 0.05) is 26.2 Å². The van der Waals surface area contributed by atoms with Crippen LogP contribution in [0.1, 0.15) is 50.2 Å². The molecular formula is C22H35FIN3O2. The maximum atomic E-state index is 13.5. The lowest BCUT2D eigenvalue weighted by atomic mass is 10.1. The number of benzene rings is 1. The highest BCUT2D eigenvalue weighted by molar-refractivity contribution is 14.0. The molecule has 29 heavy (non-hydrogen) atoms. The lowest BCUT2D eigenvalue weighted by Gasteiger charge is -2.35. The first-order chi connectivity index (χ1) is 13.7. The standard InChI is InChI=1S/C22H34FN3O2.HI/c1-3-24-22(25-15-18-7-8-21(23)17(2)14-18)26-11-9-19(10-12-26)28-16-20-6-4-5-13-27-20;/h7-8,14,19-20H,3-6,9-13,15-16H2,1-2H3,(H,24,25);1H. The maximum Gasteiger partial charge on any atom is 0.194 e. The number of ether oxygens (including phenoxy) is 2. The van der Waals surface area contributed by atoms with Crippen molar-refractivity contribution in [3.8, 4) is 0 Å². The first-order valence-electron chi connectivity index (χ1n) is 10.7. The van der Waals surface area contributed by atoms with Gasteiger partial charge in [0.2, 0.25) is 0 Å². The number of halogens is 2. The van der Waals surface area contributed by atoms with Gasteiger partial charge in [-0.15, -0.1) is 24.0 Å². The summed E-state index contributed by atoms with van der Waals surface area (Å²) >= 11 is 0. The normalized spacial score (nSPS) is 21.0. The molecule has 5 nitrogen and oxygen atoms in total. The summed E-state index contributed by atoms with van der Waals surface area (Å²) in [5.41, 5.74) is 1.69. The van der Waals surface area contributed by atoms with E-state index in [1.807, 2.05) is 12.1 Å². The van der Waals surface area contributed by atoms with Crippen LogP contribution >= 0.6 is 24.0 Å². The van der Waals surface area contributed by atoms with E-state index in [0.29, 0.717) is 18.2 Å². The molecule has 0 radical (unpaired) electrons. The van der Waals surface area contributed by atoms with Gasteiger partial charge >= 0.3 is 0 Å². The van der Waals surface area contributed by atoms with Gasteiger partial charge in [-0.3, -0.25) is 0 Å². The first kappa shape index (κ1) is 24.3. The fraction of sp³-hybridized carbons (Fsp3) is 0.682. The number of piperidine rings is 1. The van der Waals surface area contributed by atoms with E-state index in [4.69, 9.17) is 14.5 Å². The van der Waals surface area contributed by atoms with Crippen molar-refractivity contribution in [2.75, 3.05) is 32.8 Å². The minimum atomic E-state index is -0.166. The van der Waals surface area contributed by atoms with E-state index in [1.165, 1.54) is 18.9 Å². The predicted octanol–water partition coefficient (Wildman–Crippen LogP) is 4.27. The van der Waals surface area contributed by atoms with Crippen molar-refractivity contribution in [3.63, 3.8) is 0 Å². The summed E-state index contributed by atoms with van der Waals surface area (Å²) in [6.45, 7) is 8.73. The van der Waals surface area contributed by atoms with Gasteiger partial charge in [-0.2, -0.15) is 0 Å². The molecule has 0 bridgehead atoms. The summed E-state index contributed by atoms with van der Waals surface area (Å²) in [6, 6.07) is 5.20. The van der Waals surface area contributed by atoms with Gasteiger partial charge in [-0.25, -0.2) is 9.38 Å². The van der Waals surface area contributed by atoms with Gasteiger partial charge in [0.05, 0.1) is 25.4 Å². The van der Waals surface area contributed by atoms with Crippen LogP contribution < -0.4 is 5.32 Å². The number of likely N-dealkylation sites (tertiary alicyclic amines) is 1. The molecule has 1 atom stereocenters. The van der Waals surface area contributed by atoms with Crippen LogP contribution in [0.25, 0.3) is 0 Å². The zero-order chi connectivity index (χ0) is 19.8. The third-order valence-electron chi connectivity index (χ3n) is 5.50. The molecule has 2 saturated heterocycles. The molecule has 1 aromatic carbocycles. The smallest absolute Gasteiger partial charge is 0.194 e. The van der Waals surface area contributed by atoms with E-state index in [2.05, 4.69) is 17.1 Å². The Balaban J connectivity index is 0.00000300. The Kier molecular flexibility index (Phi) is 10.7. The van der Waals surface area contributed by atoms with Gasteiger partial charge in [-0.05, 0) is 63.1 Å². The van der Waals surface area contributed by atoms with Gasteiger partial charge in [0.1, 0.15) is 5.82 Å². The molecule has 0 amide bonds. The molecule has 0 saturated carbocycles. The molecule has 7 heteroatoms. The summed E-state index contributed by atoms with van der Waals surface area (Å²) in [4.78, 5) is 7.07. The molecule has 1 aromatic rings. The van der Waals surface area contributed by atoms with E-state index in [1.54, 1.807) is 6.92 Å². The Bertz CT molecular complexity index is 645. The van der Waals surface area contributed by atoms with Crippen molar-refractivity contribution in [1.29, 1.82) is 0 Å². The minimum Gasteiger partial charge on any atom is -0.376 e. The van der Waals surface area contributed by atoms with Gasteiger partial charge in [-0.1, -0.05) is 12.1 Å². The average Bonchev–Trinajstić information content (AvgIpc) is 2.73. The fourth-order valence-corrected chi connectivity index (χ4v) is 3.81. The van der Waals surface area contributed by atoms with Gasteiger partial charge in [0.15, 0.2) is 5.96 Å². The van der Waals surface area contributed by atoms with Crippen LogP contribution in [-0.4, -0.2) is 55.9 Å². The van der Waals surface area contributed by atoms with Crippen LogP contribution in [0, 0.1) is 12.7 Å². The molecule has 2 aliphatic rings. The Labute approximate surface area is 191 Å². The highest BCUT2D eigenvalue weighted by atomic mass is 127. The van der Waals surface area contributed by atoms with Crippen molar-refractivity contribution in [1.82, 2.24) is 10.2 Å². The largest absolute Gasteiger partial charge is 0.376 e. The second kappa shape index (κ2) is 12.7. The van der Waals surface area contributed by atoms with Crippen molar-refractivity contribution in [2.45, 2.75) is 64.7 Å². The predicted molar refractivity (Wildman–Crippen MR) is 126 cm³/mol.